The molecule has 0 aromatic heterocycles. The van der Waals surface area contributed by atoms with Gasteiger partial charge in [-0.1, -0.05) is 6.92 Å². The first-order valence-corrected chi connectivity index (χ1v) is 9.06. The fourth-order valence-corrected chi connectivity index (χ4v) is 3.29. The highest BCUT2D eigenvalue weighted by Gasteiger charge is 2.27. The Morgan fingerprint density at radius 3 is 2.65 bits per heavy atom. The SMILES string of the molecule is CCCNC(=NCC(=O)N(C)C)N1CCC(CN2CCCC2)C1. The minimum absolute atomic E-state index is 0.0496. The van der Waals surface area contributed by atoms with Crippen LogP contribution < -0.4 is 5.32 Å². The minimum atomic E-state index is 0.0496. The summed E-state index contributed by atoms with van der Waals surface area (Å²) in [7, 11) is 3.55. The van der Waals surface area contributed by atoms with Crippen LogP contribution in [0.25, 0.3) is 0 Å². The maximum atomic E-state index is 11.8. The van der Waals surface area contributed by atoms with Gasteiger partial charge in [-0.2, -0.15) is 0 Å². The summed E-state index contributed by atoms with van der Waals surface area (Å²) in [6, 6.07) is 0. The number of carbonyl (C=O) groups excluding carboxylic acids is 1. The molecule has 132 valence electrons. The van der Waals surface area contributed by atoms with E-state index in [1.165, 1.54) is 38.9 Å². The first-order chi connectivity index (χ1) is 11.1. The van der Waals surface area contributed by atoms with Crippen molar-refractivity contribution in [2.75, 3.05) is 59.9 Å². The molecule has 2 heterocycles. The second-order valence-corrected chi connectivity index (χ2v) is 6.96. The molecule has 6 heteroatoms. The second-order valence-electron chi connectivity index (χ2n) is 6.96. The van der Waals surface area contributed by atoms with Crippen molar-refractivity contribution in [2.45, 2.75) is 32.6 Å². The van der Waals surface area contributed by atoms with Crippen molar-refractivity contribution in [1.82, 2.24) is 20.0 Å². The van der Waals surface area contributed by atoms with E-state index in [0.29, 0.717) is 0 Å². The highest BCUT2D eigenvalue weighted by atomic mass is 16.2. The maximum absolute atomic E-state index is 11.8. The van der Waals surface area contributed by atoms with Gasteiger partial charge in [0.25, 0.3) is 0 Å². The van der Waals surface area contributed by atoms with E-state index in [9.17, 15) is 4.79 Å². The van der Waals surface area contributed by atoms with Crippen molar-refractivity contribution in [3.8, 4) is 0 Å². The van der Waals surface area contributed by atoms with Crippen molar-refractivity contribution in [1.29, 1.82) is 0 Å². The zero-order valence-electron chi connectivity index (χ0n) is 15.1. The van der Waals surface area contributed by atoms with Crippen molar-refractivity contribution < 1.29 is 4.79 Å². The van der Waals surface area contributed by atoms with Crippen molar-refractivity contribution >= 4 is 11.9 Å². The number of carbonyl (C=O) groups is 1. The lowest BCUT2D eigenvalue weighted by Gasteiger charge is -2.23. The minimum Gasteiger partial charge on any atom is -0.356 e. The molecule has 0 aromatic rings. The summed E-state index contributed by atoms with van der Waals surface area (Å²) in [4.78, 5) is 22.9. The molecule has 2 saturated heterocycles. The van der Waals surface area contributed by atoms with Gasteiger partial charge in [-0.25, -0.2) is 4.99 Å². The summed E-state index contributed by atoms with van der Waals surface area (Å²) >= 11 is 0. The van der Waals surface area contributed by atoms with Gasteiger partial charge < -0.3 is 20.0 Å². The maximum Gasteiger partial charge on any atom is 0.243 e. The Morgan fingerprint density at radius 2 is 2.00 bits per heavy atom. The fraction of sp³-hybridized carbons (Fsp3) is 0.882. The standard InChI is InChI=1S/C17H33N5O/c1-4-8-18-17(19-12-16(23)20(2)3)22-11-7-15(14-22)13-21-9-5-6-10-21/h15H,4-14H2,1-3H3,(H,18,19). The fourth-order valence-electron chi connectivity index (χ4n) is 3.29. The van der Waals surface area contributed by atoms with Crippen LogP contribution in [0, 0.1) is 5.92 Å². The third kappa shape index (κ3) is 5.68. The molecule has 1 N–H and O–H groups in total. The number of likely N-dealkylation sites (tertiary alicyclic amines) is 2. The van der Waals surface area contributed by atoms with Gasteiger partial charge in [0, 0.05) is 40.3 Å². The van der Waals surface area contributed by atoms with E-state index in [1.807, 2.05) is 0 Å². The number of hydrogen-bond acceptors (Lipinski definition) is 3. The van der Waals surface area contributed by atoms with Crippen LogP contribution in [0.2, 0.25) is 0 Å². The van der Waals surface area contributed by atoms with Gasteiger partial charge in [0.1, 0.15) is 6.54 Å². The topological polar surface area (TPSA) is 51.2 Å². The molecule has 0 bridgehead atoms. The molecule has 0 spiro atoms. The Hall–Kier alpha value is -1.30. The predicted molar refractivity (Wildman–Crippen MR) is 94.6 cm³/mol. The number of likely N-dealkylation sites (N-methyl/N-ethyl adjacent to an activating group) is 1. The quantitative estimate of drug-likeness (QED) is 0.581. The van der Waals surface area contributed by atoms with Gasteiger partial charge in [0.05, 0.1) is 0 Å². The largest absolute Gasteiger partial charge is 0.356 e. The van der Waals surface area contributed by atoms with Crippen LogP contribution in [-0.2, 0) is 4.79 Å². The first kappa shape index (κ1) is 18.0. The molecule has 0 saturated carbocycles. The molecule has 1 amide bonds. The van der Waals surface area contributed by atoms with Gasteiger partial charge >= 0.3 is 0 Å². The van der Waals surface area contributed by atoms with E-state index in [2.05, 4.69) is 27.0 Å². The zero-order valence-corrected chi connectivity index (χ0v) is 15.1. The van der Waals surface area contributed by atoms with E-state index in [1.54, 1.807) is 19.0 Å². The molecule has 1 atom stereocenters. The van der Waals surface area contributed by atoms with E-state index >= 15 is 0 Å². The molecule has 2 fully saturated rings. The third-order valence-electron chi connectivity index (χ3n) is 4.70. The summed E-state index contributed by atoms with van der Waals surface area (Å²) in [5, 5.41) is 3.41. The number of hydrogen-bond donors (Lipinski definition) is 1. The molecule has 0 radical (unpaired) electrons. The Labute approximate surface area is 140 Å². The summed E-state index contributed by atoms with van der Waals surface area (Å²) in [5.74, 6) is 1.69. The lowest BCUT2D eigenvalue weighted by Crippen LogP contribution is -2.42. The van der Waals surface area contributed by atoms with Crippen LogP contribution in [0.4, 0.5) is 0 Å². The van der Waals surface area contributed by atoms with Crippen LogP contribution in [-0.4, -0.2) is 86.5 Å². The Balaban J connectivity index is 1.87. The predicted octanol–water partition coefficient (Wildman–Crippen LogP) is 0.848. The van der Waals surface area contributed by atoms with Gasteiger partial charge in [-0.3, -0.25) is 4.79 Å². The number of guanidine groups is 1. The smallest absolute Gasteiger partial charge is 0.243 e. The molecule has 6 nitrogen and oxygen atoms in total. The van der Waals surface area contributed by atoms with E-state index in [4.69, 9.17) is 0 Å². The summed E-state index contributed by atoms with van der Waals surface area (Å²) in [5.41, 5.74) is 0. The van der Waals surface area contributed by atoms with Gasteiger partial charge in [-0.05, 0) is 44.7 Å². The lowest BCUT2D eigenvalue weighted by molar-refractivity contribution is -0.127. The van der Waals surface area contributed by atoms with E-state index in [-0.39, 0.29) is 12.5 Å². The molecule has 2 aliphatic rings. The van der Waals surface area contributed by atoms with Crippen LogP contribution >= 0.6 is 0 Å². The summed E-state index contributed by atoms with van der Waals surface area (Å²) in [6.45, 7) is 9.14. The molecule has 1 unspecified atom stereocenters. The van der Waals surface area contributed by atoms with Crippen LogP contribution in [0.1, 0.15) is 32.6 Å². The molecule has 2 aliphatic heterocycles. The number of rotatable bonds is 6. The number of nitrogens with one attached hydrogen (secondary N) is 1. The van der Waals surface area contributed by atoms with Crippen LogP contribution in [0.3, 0.4) is 0 Å². The van der Waals surface area contributed by atoms with Crippen molar-refractivity contribution in [3.63, 3.8) is 0 Å². The Morgan fingerprint density at radius 1 is 1.26 bits per heavy atom. The van der Waals surface area contributed by atoms with E-state index < -0.39 is 0 Å². The molecule has 0 aliphatic carbocycles. The second kappa shape index (κ2) is 9.11. The van der Waals surface area contributed by atoms with Crippen molar-refractivity contribution in [3.05, 3.63) is 0 Å². The monoisotopic (exact) mass is 323 g/mol. The summed E-state index contributed by atoms with van der Waals surface area (Å²) < 4.78 is 0. The Bertz CT molecular complexity index is 404. The molecule has 23 heavy (non-hydrogen) atoms. The number of nitrogens with zero attached hydrogens (tertiary/aromatic N) is 4. The Kier molecular flexibility index (Phi) is 7.15. The molecule has 2 rings (SSSR count). The highest BCUT2D eigenvalue weighted by Crippen LogP contribution is 2.20. The number of aliphatic imine (C=N–C) groups is 1. The van der Waals surface area contributed by atoms with Gasteiger partial charge in [0.2, 0.25) is 5.91 Å². The number of amides is 1. The molecular weight excluding hydrogens is 290 g/mol. The molecular formula is C17H33N5O. The average Bonchev–Trinajstić information content (AvgIpc) is 3.19. The van der Waals surface area contributed by atoms with Gasteiger partial charge in [-0.15, -0.1) is 0 Å². The first-order valence-electron chi connectivity index (χ1n) is 9.06. The van der Waals surface area contributed by atoms with Crippen LogP contribution in [0.15, 0.2) is 4.99 Å². The average molecular weight is 323 g/mol. The summed E-state index contributed by atoms with van der Waals surface area (Å²) in [6.07, 6.45) is 5.00. The zero-order chi connectivity index (χ0) is 16.7. The highest BCUT2D eigenvalue weighted by molar-refractivity contribution is 5.85. The van der Waals surface area contributed by atoms with Gasteiger partial charge in [0.15, 0.2) is 5.96 Å². The normalized spacial score (nSPS) is 22.7. The molecule has 0 aromatic carbocycles. The lowest BCUT2D eigenvalue weighted by atomic mass is 10.1. The third-order valence-corrected chi connectivity index (χ3v) is 4.70. The van der Waals surface area contributed by atoms with E-state index in [0.717, 1.165) is 37.9 Å². The van der Waals surface area contributed by atoms with Crippen molar-refractivity contribution in [2.24, 2.45) is 10.9 Å². The van der Waals surface area contributed by atoms with Crippen LogP contribution in [0.5, 0.6) is 0 Å².